The second kappa shape index (κ2) is 7.92. The van der Waals surface area contributed by atoms with Crippen LogP contribution in [0.1, 0.15) is 12.0 Å². The van der Waals surface area contributed by atoms with Crippen molar-refractivity contribution in [2.45, 2.75) is 18.9 Å². The SMILES string of the molecule is O=C1CN(C2CCN(c3ccccc3)C2)CCN1CCc1ccccc1. The summed E-state index contributed by atoms with van der Waals surface area (Å²) in [5.74, 6) is 0.283. The van der Waals surface area contributed by atoms with Crippen molar-refractivity contribution < 1.29 is 4.79 Å². The summed E-state index contributed by atoms with van der Waals surface area (Å²) in [6, 6.07) is 21.5. The van der Waals surface area contributed by atoms with Crippen LogP contribution in [-0.2, 0) is 11.2 Å². The maximum atomic E-state index is 12.6. The van der Waals surface area contributed by atoms with Gasteiger partial charge in [-0.1, -0.05) is 48.5 Å². The summed E-state index contributed by atoms with van der Waals surface area (Å²) >= 11 is 0. The molecule has 1 unspecified atom stereocenters. The van der Waals surface area contributed by atoms with Crippen LogP contribution in [0.4, 0.5) is 5.69 Å². The molecule has 2 aromatic carbocycles. The number of nitrogens with zero attached hydrogens (tertiary/aromatic N) is 3. The van der Waals surface area contributed by atoms with Gasteiger partial charge in [-0.2, -0.15) is 0 Å². The van der Waals surface area contributed by atoms with E-state index in [2.05, 4.69) is 64.4 Å². The van der Waals surface area contributed by atoms with Crippen molar-refractivity contribution in [1.82, 2.24) is 9.80 Å². The molecule has 1 atom stereocenters. The third-order valence-corrected chi connectivity index (χ3v) is 5.66. The van der Waals surface area contributed by atoms with E-state index >= 15 is 0 Å². The number of benzene rings is 2. The molecule has 0 spiro atoms. The zero-order chi connectivity index (χ0) is 17.8. The predicted molar refractivity (Wildman–Crippen MR) is 105 cm³/mol. The fourth-order valence-electron chi connectivity index (χ4n) is 4.10. The Hall–Kier alpha value is -2.33. The molecule has 26 heavy (non-hydrogen) atoms. The number of rotatable bonds is 5. The van der Waals surface area contributed by atoms with E-state index in [0.29, 0.717) is 12.6 Å². The fraction of sp³-hybridized carbons (Fsp3) is 0.409. The molecule has 2 fully saturated rings. The van der Waals surface area contributed by atoms with Gasteiger partial charge in [0.2, 0.25) is 5.91 Å². The van der Waals surface area contributed by atoms with Crippen molar-refractivity contribution in [2.24, 2.45) is 0 Å². The maximum Gasteiger partial charge on any atom is 0.236 e. The van der Waals surface area contributed by atoms with E-state index in [1.807, 2.05) is 11.0 Å². The highest BCUT2D eigenvalue weighted by molar-refractivity contribution is 5.79. The topological polar surface area (TPSA) is 26.8 Å². The lowest BCUT2D eigenvalue weighted by atomic mass is 10.1. The molecule has 4 nitrogen and oxygen atoms in total. The number of para-hydroxylation sites is 1. The largest absolute Gasteiger partial charge is 0.370 e. The second-order valence-corrected chi connectivity index (χ2v) is 7.31. The van der Waals surface area contributed by atoms with Gasteiger partial charge in [0.25, 0.3) is 0 Å². The normalized spacial score (nSPS) is 21.4. The van der Waals surface area contributed by atoms with Gasteiger partial charge < -0.3 is 9.80 Å². The van der Waals surface area contributed by atoms with Crippen LogP contribution in [0.5, 0.6) is 0 Å². The molecule has 0 bridgehead atoms. The number of hydrogen-bond donors (Lipinski definition) is 0. The number of carbonyl (C=O) groups is 1. The first-order chi connectivity index (χ1) is 12.8. The van der Waals surface area contributed by atoms with Gasteiger partial charge in [-0.15, -0.1) is 0 Å². The third-order valence-electron chi connectivity index (χ3n) is 5.66. The van der Waals surface area contributed by atoms with Crippen molar-refractivity contribution in [3.05, 3.63) is 66.2 Å². The van der Waals surface area contributed by atoms with E-state index in [1.54, 1.807) is 0 Å². The summed E-state index contributed by atoms with van der Waals surface area (Å²) in [5, 5.41) is 0. The Balaban J connectivity index is 1.28. The lowest BCUT2D eigenvalue weighted by Crippen LogP contribution is -2.54. The minimum Gasteiger partial charge on any atom is -0.370 e. The van der Waals surface area contributed by atoms with E-state index in [1.165, 1.54) is 11.3 Å². The minimum absolute atomic E-state index is 0.283. The zero-order valence-electron chi connectivity index (χ0n) is 15.3. The highest BCUT2D eigenvalue weighted by atomic mass is 16.2. The molecule has 2 aliphatic heterocycles. The van der Waals surface area contributed by atoms with Crippen molar-refractivity contribution >= 4 is 11.6 Å². The van der Waals surface area contributed by atoms with E-state index in [-0.39, 0.29) is 5.91 Å². The van der Waals surface area contributed by atoms with Crippen LogP contribution >= 0.6 is 0 Å². The molecule has 0 aromatic heterocycles. The Labute approximate surface area is 156 Å². The van der Waals surface area contributed by atoms with Gasteiger partial charge in [-0.25, -0.2) is 0 Å². The maximum absolute atomic E-state index is 12.6. The number of piperazine rings is 1. The van der Waals surface area contributed by atoms with Crippen LogP contribution in [0.2, 0.25) is 0 Å². The monoisotopic (exact) mass is 349 g/mol. The summed E-state index contributed by atoms with van der Waals surface area (Å²) in [7, 11) is 0. The predicted octanol–water partition coefficient (Wildman–Crippen LogP) is 2.65. The number of hydrogen-bond acceptors (Lipinski definition) is 3. The van der Waals surface area contributed by atoms with Crippen molar-refractivity contribution in [2.75, 3.05) is 44.2 Å². The molecule has 0 N–H and O–H groups in total. The number of carbonyl (C=O) groups excluding carboxylic acids is 1. The average molecular weight is 349 g/mol. The summed E-state index contributed by atoms with van der Waals surface area (Å²) in [4.78, 5) is 19.5. The third kappa shape index (κ3) is 3.91. The van der Waals surface area contributed by atoms with Gasteiger partial charge in [-0.3, -0.25) is 9.69 Å². The first-order valence-corrected chi connectivity index (χ1v) is 9.65. The smallest absolute Gasteiger partial charge is 0.236 e. The van der Waals surface area contributed by atoms with Crippen LogP contribution < -0.4 is 4.90 Å². The molecule has 1 amide bonds. The highest BCUT2D eigenvalue weighted by Crippen LogP contribution is 2.23. The molecule has 4 heteroatoms. The molecule has 4 rings (SSSR count). The molecule has 136 valence electrons. The fourth-order valence-corrected chi connectivity index (χ4v) is 4.10. The van der Waals surface area contributed by atoms with Crippen LogP contribution in [0.25, 0.3) is 0 Å². The molecule has 0 saturated carbocycles. The lowest BCUT2D eigenvalue weighted by molar-refractivity contribution is -0.136. The van der Waals surface area contributed by atoms with Crippen LogP contribution in [0.15, 0.2) is 60.7 Å². The number of amides is 1. The zero-order valence-corrected chi connectivity index (χ0v) is 15.3. The van der Waals surface area contributed by atoms with E-state index in [0.717, 1.165) is 45.6 Å². The first kappa shape index (κ1) is 17.1. The van der Waals surface area contributed by atoms with Crippen LogP contribution in [-0.4, -0.2) is 61.0 Å². The van der Waals surface area contributed by atoms with Gasteiger partial charge in [0.1, 0.15) is 0 Å². The Bertz CT molecular complexity index is 719. The Morgan fingerprint density at radius 3 is 2.35 bits per heavy atom. The van der Waals surface area contributed by atoms with Crippen LogP contribution in [0.3, 0.4) is 0 Å². The molecular weight excluding hydrogens is 322 g/mol. The van der Waals surface area contributed by atoms with Gasteiger partial charge in [0.05, 0.1) is 6.54 Å². The molecule has 2 aromatic rings. The van der Waals surface area contributed by atoms with E-state index in [4.69, 9.17) is 0 Å². The first-order valence-electron chi connectivity index (χ1n) is 9.65. The van der Waals surface area contributed by atoms with Crippen molar-refractivity contribution in [3.8, 4) is 0 Å². The number of anilines is 1. The van der Waals surface area contributed by atoms with Gasteiger partial charge in [-0.05, 0) is 30.5 Å². The second-order valence-electron chi connectivity index (χ2n) is 7.31. The summed E-state index contributed by atoms with van der Waals surface area (Å²) in [6.07, 6.45) is 2.09. The quantitative estimate of drug-likeness (QED) is 0.830. The Morgan fingerprint density at radius 2 is 1.62 bits per heavy atom. The molecule has 2 saturated heterocycles. The Kier molecular flexibility index (Phi) is 5.21. The summed E-state index contributed by atoms with van der Waals surface area (Å²) < 4.78 is 0. The molecule has 0 aliphatic carbocycles. The molecule has 2 heterocycles. The minimum atomic E-state index is 0.283. The van der Waals surface area contributed by atoms with Gasteiger partial charge >= 0.3 is 0 Å². The van der Waals surface area contributed by atoms with Gasteiger partial charge in [0.15, 0.2) is 0 Å². The summed E-state index contributed by atoms with van der Waals surface area (Å²) in [6.45, 7) is 5.36. The standard InChI is InChI=1S/C22H27N3O/c26-22-18-25(16-15-23(22)13-11-19-7-3-1-4-8-19)21-12-14-24(17-21)20-9-5-2-6-10-20/h1-10,21H,11-18H2. The lowest BCUT2D eigenvalue weighted by Gasteiger charge is -2.37. The highest BCUT2D eigenvalue weighted by Gasteiger charge is 2.32. The van der Waals surface area contributed by atoms with Crippen LogP contribution in [0, 0.1) is 0 Å². The average Bonchev–Trinajstić information content (AvgIpc) is 3.19. The summed E-state index contributed by atoms with van der Waals surface area (Å²) in [5.41, 5.74) is 2.60. The molecule has 2 aliphatic rings. The van der Waals surface area contributed by atoms with E-state index < -0.39 is 0 Å². The van der Waals surface area contributed by atoms with Crippen molar-refractivity contribution in [1.29, 1.82) is 0 Å². The van der Waals surface area contributed by atoms with Gasteiger partial charge in [0, 0.05) is 44.5 Å². The van der Waals surface area contributed by atoms with E-state index in [9.17, 15) is 4.79 Å². The molecular formula is C22H27N3O. The molecule has 0 radical (unpaired) electrons. The Morgan fingerprint density at radius 1 is 0.885 bits per heavy atom. The van der Waals surface area contributed by atoms with Crippen molar-refractivity contribution in [3.63, 3.8) is 0 Å².